The predicted octanol–water partition coefficient (Wildman–Crippen LogP) is 2.43. The van der Waals surface area contributed by atoms with E-state index < -0.39 is 23.9 Å². The van der Waals surface area contributed by atoms with E-state index >= 15 is 0 Å². The van der Waals surface area contributed by atoms with Crippen molar-refractivity contribution >= 4 is 11.9 Å². The van der Waals surface area contributed by atoms with Gasteiger partial charge in [-0.25, -0.2) is 14.8 Å². The molecule has 21 heavy (non-hydrogen) atoms. The van der Waals surface area contributed by atoms with Gasteiger partial charge in [0.25, 0.3) is 0 Å². The summed E-state index contributed by atoms with van der Waals surface area (Å²) < 4.78 is 38.8. The van der Waals surface area contributed by atoms with Crippen LogP contribution in [0.4, 0.5) is 19.1 Å². The zero-order valence-electron chi connectivity index (χ0n) is 11.1. The molecular weight excluding hydrogens is 287 g/mol. The van der Waals surface area contributed by atoms with Crippen molar-refractivity contribution in [3.05, 3.63) is 17.5 Å². The van der Waals surface area contributed by atoms with Gasteiger partial charge in [-0.2, -0.15) is 13.2 Å². The first kappa shape index (κ1) is 14.1. The van der Waals surface area contributed by atoms with Crippen molar-refractivity contribution in [2.45, 2.75) is 43.8 Å². The highest BCUT2D eigenvalue weighted by Crippen LogP contribution is 2.41. The third-order valence-electron chi connectivity index (χ3n) is 3.81. The van der Waals surface area contributed by atoms with Crippen LogP contribution < -0.4 is 4.90 Å². The molecular formula is C13H14F3N3O2. The summed E-state index contributed by atoms with van der Waals surface area (Å²) in [4.78, 5) is 20.3. The summed E-state index contributed by atoms with van der Waals surface area (Å²) in [7, 11) is 0. The molecule has 1 saturated carbocycles. The number of anilines is 1. The van der Waals surface area contributed by atoms with Crippen molar-refractivity contribution in [1.82, 2.24) is 9.97 Å². The molecule has 1 N–H and O–H groups in total. The van der Waals surface area contributed by atoms with Crippen LogP contribution in [0.15, 0.2) is 6.07 Å². The van der Waals surface area contributed by atoms with Gasteiger partial charge in [0.1, 0.15) is 11.7 Å². The Bertz CT molecular complexity index is 572. The van der Waals surface area contributed by atoms with Gasteiger partial charge in [-0.15, -0.1) is 0 Å². The Morgan fingerprint density at radius 2 is 2.00 bits per heavy atom. The zero-order chi connectivity index (χ0) is 15.2. The molecule has 1 aliphatic carbocycles. The number of rotatable bonds is 3. The number of carboxylic acids is 1. The SMILES string of the molecule is O=C(O)[C@@H]1CCCN1c1nc(C2CC2)cc(C(F)(F)F)n1. The number of aromatic nitrogens is 2. The molecule has 1 saturated heterocycles. The number of alkyl halides is 3. The number of halogens is 3. The van der Waals surface area contributed by atoms with E-state index in [2.05, 4.69) is 9.97 Å². The number of carboxylic acid groups (broad SMARTS) is 1. The maximum atomic E-state index is 12.9. The number of nitrogens with zero attached hydrogens (tertiary/aromatic N) is 3. The van der Waals surface area contributed by atoms with Gasteiger partial charge in [-0.1, -0.05) is 0 Å². The molecule has 2 heterocycles. The molecule has 1 aliphatic heterocycles. The third kappa shape index (κ3) is 2.79. The fourth-order valence-corrected chi connectivity index (χ4v) is 2.58. The van der Waals surface area contributed by atoms with E-state index in [4.69, 9.17) is 5.11 Å². The van der Waals surface area contributed by atoms with Crippen LogP contribution in [0.2, 0.25) is 0 Å². The summed E-state index contributed by atoms with van der Waals surface area (Å²) in [6, 6.07) is 0.132. The average Bonchev–Trinajstić information content (AvgIpc) is 3.13. The Morgan fingerprint density at radius 1 is 1.29 bits per heavy atom. The minimum Gasteiger partial charge on any atom is -0.480 e. The first-order valence-electron chi connectivity index (χ1n) is 6.82. The van der Waals surface area contributed by atoms with Crippen LogP contribution in [-0.4, -0.2) is 33.6 Å². The van der Waals surface area contributed by atoms with Gasteiger partial charge in [0.05, 0.1) is 0 Å². The first-order chi connectivity index (χ1) is 9.86. The van der Waals surface area contributed by atoms with E-state index in [1.165, 1.54) is 4.90 Å². The van der Waals surface area contributed by atoms with Gasteiger partial charge in [0, 0.05) is 18.2 Å². The molecule has 3 rings (SSSR count). The molecule has 0 aromatic carbocycles. The smallest absolute Gasteiger partial charge is 0.433 e. The monoisotopic (exact) mass is 301 g/mol. The van der Waals surface area contributed by atoms with Crippen LogP contribution >= 0.6 is 0 Å². The summed E-state index contributed by atoms with van der Waals surface area (Å²) in [6.07, 6.45) is -1.92. The fourth-order valence-electron chi connectivity index (χ4n) is 2.58. The largest absolute Gasteiger partial charge is 0.480 e. The highest BCUT2D eigenvalue weighted by Gasteiger charge is 2.39. The van der Waals surface area contributed by atoms with Gasteiger partial charge < -0.3 is 10.0 Å². The van der Waals surface area contributed by atoms with E-state index in [0.717, 1.165) is 18.9 Å². The molecule has 1 aromatic heterocycles. The van der Waals surface area contributed by atoms with Crippen molar-refractivity contribution < 1.29 is 23.1 Å². The van der Waals surface area contributed by atoms with Crippen molar-refractivity contribution in [2.24, 2.45) is 0 Å². The first-order valence-corrected chi connectivity index (χ1v) is 6.82. The highest BCUT2D eigenvalue weighted by atomic mass is 19.4. The second kappa shape index (κ2) is 4.85. The van der Waals surface area contributed by atoms with Gasteiger partial charge in [0.15, 0.2) is 0 Å². The maximum absolute atomic E-state index is 12.9. The lowest BCUT2D eigenvalue weighted by molar-refractivity contribution is -0.141. The molecule has 8 heteroatoms. The minimum absolute atomic E-state index is 0.0405. The summed E-state index contributed by atoms with van der Waals surface area (Å²) >= 11 is 0. The quantitative estimate of drug-likeness (QED) is 0.928. The van der Waals surface area contributed by atoms with Gasteiger partial charge >= 0.3 is 12.1 Å². The minimum atomic E-state index is -4.56. The number of aliphatic carboxylic acids is 1. The summed E-state index contributed by atoms with van der Waals surface area (Å²) in [5.74, 6) is -1.13. The lowest BCUT2D eigenvalue weighted by Gasteiger charge is -2.22. The third-order valence-corrected chi connectivity index (χ3v) is 3.81. The van der Waals surface area contributed by atoms with Crippen molar-refractivity contribution in [3.8, 4) is 0 Å². The Hall–Kier alpha value is -1.86. The van der Waals surface area contributed by atoms with E-state index in [1.54, 1.807) is 0 Å². The van der Waals surface area contributed by atoms with Crippen molar-refractivity contribution in [2.75, 3.05) is 11.4 Å². The predicted molar refractivity (Wildman–Crippen MR) is 67.0 cm³/mol. The van der Waals surface area contributed by atoms with Crippen LogP contribution in [0.1, 0.15) is 43.0 Å². The van der Waals surface area contributed by atoms with Crippen LogP contribution in [0, 0.1) is 0 Å². The highest BCUT2D eigenvalue weighted by molar-refractivity contribution is 5.78. The molecule has 0 amide bonds. The van der Waals surface area contributed by atoms with E-state index in [1.807, 2.05) is 0 Å². The molecule has 114 valence electrons. The lowest BCUT2D eigenvalue weighted by atomic mass is 10.2. The van der Waals surface area contributed by atoms with Crippen LogP contribution in [0.5, 0.6) is 0 Å². The normalized spacial score (nSPS) is 22.6. The molecule has 1 aromatic rings. The van der Waals surface area contributed by atoms with Crippen molar-refractivity contribution in [3.63, 3.8) is 0 Å². The molecule has 5 nitrogen and oxygen atoms in total. The van der Waals surface area contributed by atoms with E-state index in [-0.39, 0.29) is 11.9 Å². The van der Waals surface area contributed by atoms with Crippen LogP contribution in [-0.2, 0) is 11.0 Å². The molecule has 2 aliphatic rings. The second-order valence-electron chi connectivity index (χ2n) is 5.44. The lowest BCUT2D eigenvalue weighted by Crippen LogP contribution is -2.37. The summed E-state index contributed by atoms with van der Waals surface area (Å²) in [5, 5.41) is 9.15. The van der Waals surface area contributed by atoms with Gasteiger partial charge in [-0.05, 0) is 31.7 Å². The van der Waals surface area contributed by atoms with Crippen LogP contribution in [0.25, 0.3) is 0 Å². The second-order valence-corrected chi connectivity index (χ2v) is 5.44. The topological polar surface area (TPSA) is 66.3 Å². The van der Waals surface area contributed by atoms with Gasteiger partial charge in [0.2, 0.25) is 5.95 Å². The Morgan fingerprint density at radius 3 is 2.57 bits per heavy atom. The molecule has 2 fully saturated rings. The van der Waals surface area contributed by atoms with E-state index in [0.29, 0.717) is 25.1 Å². The van der Waals surface area contributed by atoms with Gasteiger partial charge in [-0.3, -0.25) is 0 Å². The van der Waals surface area contributed by atoms with Crippen LogP contribution in [0.3, 0.4) is 0 Å². The summed E-state index contributed by atoms with van der Waals surface area (Å²) in [5.41, 5.74) is -0.631. The maximum Gasteiger partial charge on any atom is 0.433 e. The fraction of sp³-hybridized carbons (Fsp3) is 0.615. The number of hydrogen-bond donors (Lipinski definition) is 1. The Kier molecular flexibility index (Phi) is 3.26. The molecule has 1 atom stereocenters. The Balaban J connectivity index is 2.01. The number of carbonyl (C=O) groups is 1. The van der Waals surface area contributed by atoms with Crippen molar-refractivity contribution in [1.29, 1.82) is 0 Å². The zero-order valence-corrected chi connectivity index (χ0v) is 11.1. The van der Waals surface area contributed by atoms with E-state index in [9.17, 15) is 18.0 Å². The molecule has 0 spiro atoms. The molecule has 0 radical (unpaired) electrons. The average molecular weight is 301 g/mol. The molecule has 0 unspecified atom stereocenters. The Labute approximate surface area is 118 Å². The molecule has 0 bridgehead atoms. The number of hydrogen-bond acceptors (Lipinski definition) is 4. The summed E-state index contributed by atoms with van der Waals surface area (Å²) in [6.45, 7) is 0.363. The standard InChI is InChI=1S/C13H14F3N3O2/c14-13(15,16)10-6-8(7-3-4-7)17-12(18-10)19-5-1-2-9(19)11(20)21/h6-7,9H,1-5H2,(H,20,21)/t9-/m0/s1.